The number of carbonyl (C=O) groups excluding carboxylic acids is 1. The summed E-state index contributed by atoms with van der Waals surface area (Å²) in [6.07, 6.45) is 13.6. The van der Waals surface area contributed by atoms with Gasteiger partial charge in [-0.2, -0.15) is 11.8 Å². The Morgan fingerprint density at radius 3 is 2.19 bits per heavy atom. The lowest BCUT2D eigenvalue weighted by atomic mass is 9.88. The van der Waals surface area contributed by atoms with Gasteiger partial charge in [0.2, 0.25) is 5.91 Å². The first-order valence-corrected chi connectivity index (χ1v) is 12.3. The highest BCUT2D eigenvalue weighted by molar-refractivity contribution is 8.00. The summed E-state index contributed by atoms with van der Waals surface area (Å²) in [5.41, 5.74) is 0. The molecule has 3 nitrogen and oxygen atoms in total. The van der Waals surface area contributed by atoms with Crippen molar-refractivity contribution in [2.24, 2.45) is 17.8 Å². The summed E-state index contributed by atoms with van der Waals surface area (Å²) in [7, 11) is 0. The van der Waals surface area contributed by atoms with Crippen LogP contribution in [0, 0.1) is 17.8 Å². The predicted molar refractivity (Wildman–Crippen MR) is 115 cm³/mol. The van der Waals surface area contributed by atoms with Crippen LogP contribution in [-0.4, -0.2) is 36.0 Å². The van der Waals surface area contributed by atoms with Crippen LogP contribution >= 0.6 is 11.8 Å². The Morgan fingerprint density at radius 2 is 1.69 bits per heavy atom. The molecular formula is C22H42N2OS. The molecule has 3 saturated heterocycles. The number of amides is 1. The van der Waals surface area contributed by atoms with Gasteiger partial charge in [-0.1, -0.05) is 59.3 Å². The molecule has 0 unspecified atom stereocenters. The molecule has 0 aromatic rings. The molecule has 3 atom stereocenters. The lowest BCUT2D eigenvalue weighted by molar-refractivity contribution is -0.119. The fourth-order valence-corrected chi connectivity index (χ4v) is 6.12. The summed E-state index contributed by atoms with van der Waals surface area (Å²) >= 11 is 2.02. The zero-order valence-electron chi connectivity index (χ0n) is 17.4. The average molecular weight is 383 g/mol. The standard InChI is InChI=1S/C8H13NOS.C8H16.C6H13N/c1-2-6-8-5(4-11-6)3-7(10)9-8;1-2-8-6-4-3-5-7-8;1-6-2-4-7-5-3-6/h5-6,8H,2-4H2,1H3,(H,9,10);8H,2-7H2,1H3;6-7H,2-5H2,1H3/t5-,6-,8-;;/m0../s1. The minimum Gasteiger partial charge on any atom is -0.352 e. The summed E-state index contributed by atoms with van der Waals surface area (Å²) in [5, 5.41) is 7.06. The van der Waals surface area contributed by atoms with Gasteiger partial charge in [-0.15, -0.1) is 0 Å². The number of rotatable bonds is 2. The second-order valence-electron chi connectivity index (χ2n) is 8.68. The van der Waals surface area contributed by atoms with Gasteiger partial charge in [0, 0.05) is 17.7 Å². The smallest absolute Gasteiger partial charge is 0.220 e. The highest BCUT2D eigenvalue weighted by Gasteiger charge is 2.42. The third-order valence-electron chi connectivity index (χ3n) is 6.54. The number of nitrogens with one attached hydrogen (secondary N) is 2. The van der Waals surface area contributed by atoms with E-state index in [9.17, 15) is 4.79 Å². The van der Waals surface area contributed by atoms with Crippen molar-refractivity contribution in [3.63, 3.8) is 0 Å². The number of thioether (sulfide) groups is 1. The quantitative estimate of drug-likeness (QED) is 0.706. The van der Waals surface area contributed by atoms with E-state index in [4.69, 9.17) is 0 Å². The van der Waals surface area contributed by atoms with Crippen molar-refractivity contribution >= 4 is 17.7 Å². The predicted octanol–water partition coefficient (Wildman–Crippen LogP) is 5.00. The van der Waals surface area contributed by atoms with Crippen molar-refractivity contribution in [2.75, 3.05) is 18.8 Å². The van der Waals surface area contributed by atoms with E-state index in [1.165, 1.54) is 76.6 Å². The van der Waals surface area contributed by atoms with Crippen LogP contribution in [0.25, 0.3) is 0 Å². The van der Waals surface area contributed by atoms with Gasteiger partial charge in [0.1, 0.15) is 0 Å². The summed E-state index contributed by atoms with van der Waals surface area (Å²) in [5.74, 6) is 4.14. The molecule has 0 radical (unpaired) electrons. The van der Waals surface area contributed by atoms with Gasteiger partial charge >= 0.3 is 0 Å². The molecule has 0 spiro atoms. The normalized spacial score (nSPS) is 32.0. The van der Waals surface area contributed by atoms with Crippen LogP contribution in [0.1, 0.15) is 85.0 Å². The third-order valence-corrected chi connectivity index (χ3v) is 8.22. The Morgan fingerprint density at radius 1 is 1.00 bits per heavy atom. The molecule has 4 aliphatic rings. The third kappa shape index (κ3) is 7.42. The van der Waals surface area contributed by atoms with Crippen molar-refractivity contribution in [1.82, 2.24) is 10.6 Å². The van der Waals surface area contributed by atoms with Gasteiger partial charge in [0.15, 0.2) is 0 Å². The molecule has 2 N–H and O–H groups in total. The zero-order valence-corrected chi connectivity index (χ0v) is 18.2. The van der Waals surface area contributed by atoms with Gasteiger partial charge in [-0.3, -0.25) is 4.79 Å². The summed E-state index contributed by atoms with van der Waals surface area (Å²) in [6.45, 7) is 9.31. The molecule has 26 heavy (non-hydrogen) atoms. The molecule has 0 bridgehead atoms. The van der Waals surface area contributed by atoms with E-state index in [-0.39, 0.29) is 5.91 Å². The van der Waals surface area contributed by atoms with E-state index in [1.807, 2.05) is 11.8 Å². The largest absolute Gasteiger partial charge is 0.352 e. The Balaban J connectivity index is 0.000000145. The van der Waals surface area contributed by atoms with E-state index in [0.717, 1.165) is 18.3 Å². The fraction of sp³-hybridized carbons (Fsp3) is 0.955. The topological polar surface area (TPSA) is 41.1 Å². The first-order chi connectivity index (χ1) is 12.6. The molecule has 4 heteroatoms. The van der Waals surface area contributed by atoms with Gasteiger partial charge in [-0.05, 0) is 55.9 Å². The van der Waals surface area contributed by atoms with Crippen molar-refractivity contribution in [3.05, 3.63) is 0 Å². The Bertz CT molecular complexity index is 392. The molecule has 1 aliphatic carbocycles. The number of hydrogen-bond donors (Lipinski definition) is 2. The van der Waals surface area contributed by atoms with Gasteiger partial charge in [0.25, 0.3) is 0 Å². The van der Waals surface area contributed by atoms with Crippen LogP contribution < -0.4 is 10.6 Å². The lowest BCUT2D eigenvalue weighted by Gasteiger charge is -2.18. The SMILES string of the molecule is CC1CCNCC1.CCC1CCCCC1.CC[C@@H]1SC[C@@H]2CC(=O)N[C@@H]21. The highest BCUT2D eigenvalue weighted by Crippen LogP contribution is 2.38. The molecular weight excluding hydrogens is 340 g/mol. The van der Waals surface area contributed by atoms with E-state index in [1.54, 1.807) is 0 Å². The Labute approximate surface area is 166 Å². The number of piperidine rings is 1. The molecule has 1 amide bonds. The monoisotopic (exact) mass is 382 g/mol. The molecule has 3 heterocycles. The average Bonchev–Trinajstić information content (AvgIpc) is 3.23. The summed E-state index contributed by atoms with van der Waals surface area (Å²) in [6, 6.07) is 0.498. The first kappa shape index (κ1) is 22.1. The number of hydrogen-bond acceptors (Lipinski definition) is 3. The summed E-state index contributed by atoms with van der Waals surface area (Å²) < 4.78 is 0. The van der Waals surface area contributed by atoms with Crippen LogP contribution in [0.15, 0.2) is 0 Å². The molecule has 0 aromatic carbocycles. The van der Waals surface area contributed by atoms with Crippen molar-refractivity contribution in [3.8, 4) is 0 Å². The maximum atomic E-state index is 11.0. The van der Waals surface area contributed by atoms with Crippen molar-refractivity contribution in [1.29, 1.82) is 0 Å². The molecule has 152 valence electrons. The van der Waals surface area contributed by atoms with Gasteiger partial charge in [0.05, 0.1) is 0 Å². The first-order valence-electron chi connectivity index (χ1n) is 11.3. The highest BCUT2D eigenvalue weighted by atomic mass is 32.2. The fourth-order valence-electron chi connectivity index (χ4n) is 4.57. The van der Waals surface area contributed by atoms with E-state index >= 15 is 0 Å². The second kappa shape index (κ2) is 12.3. The second-order valence-corrected chi connectivity index (χ2v) is 9.95. The maximum absolute atomic E-state index is 11.0. The lowest BCUT2D eigenvalue weighted by Crippen LogP contribution is -2.34. The minimum absolute atomic E-state index is 0.263. The van der Waals surface area contributed by atoms with Gasteiger partial charge in [-0.25, -0.2) is 0 Å². The van der Waals surface area contributed by atoms with Crippen LogP contribution in [0.2, 0.25) is 0 Å². The molecule has 4 fully saturated rings. The zero-order chi connectivity index (χ0) is 18.8. The van der Waals surface area contributed by atoms with Crippen molar-refractivity contribution < 1.29 is 4.79 Å². The molecule has 0 aromatic heterocycles. The van der Waals surface area contributed by atoms with Gasteiger partial charge < -0.3 is 10.6 Å². The van der Waals surface area contributed by atoms with Crippen LogP contribution in [0.3, 0.4) is 0 Å². The van der Waals surface area contributed by atoms with Crippen LogP contribution in [0.4, 0.5) is 0 Å². The molecule has 1 saturated carbocycles. The Hall–Kier alpha value is -0.220. The number of carbonyl (C=O) groups is 1. The molecule has 3 aliphatic heterocycles. The maximum Gasteiger partial charge on any atom is 0.220 e. The van der Waals surface area contributed by atoms with Crippen molar-refractivity contribution in [2.45, 2.75) is 96.3 Å². The Kier molecular flexibility index (Phi) is 10.4. The van der Waals surface area contributed by atoms with E-state index < -0.39 is 0 Å². The van der Waals surface area contributed by atoms with Crippen LogP contribution in [-0.2, 0) is 4.79 Å². The minimum atomic E-state index is 0.263. The number of fused-ring (bicyclic) bond motifs is 1. The van der Waals surface area contributed by atoms with E-state index in [2.05, 4.69) is 31.4 Å². The molecule has 4 rings (SSSR count). The summed E-state index contributed by atoms with van der Waals surface area (Å²) in [4.78, 5) is 11.0. The van der Waals surface area contributed by atoms with E-state index in [0.29, 0.717) is 17.2 Å². The van der Waals surface area contributed by atoms with Crippen LogP contribution in [0.5, 0.6) is 0 Å².